The highest BCUT2D eigenvalue weighted by atomic mass is 79.9. The molecule has 0 aliphatic rings. The molecule has 1 atom stereocenters. The van der Waals surface area contributed by atoms with Gasteiger partial charge in [-0.1, -0.05) is 15.9 Å². The molecule has 1 aromatic heterocycles. The van der Waals surface area contributed by atoms with Crippen LogP contribution in [0.25, 0.3) is 0 Å². The first-order valence-corrected chi connectivity index (χ1v) is 7.47. The summed E-state index contributed by atoms with van der Waals surface area (Å²) < 4.78 is 6.66. The third-order valence-corrected chi connectivity index (χ3v) is 4.25. The summed E-state index contributed by atoms with van der Waals surface area (Å²) in [5, 5.41) is 0. The normalized spacial score (nSPS) is 12.4. The van der Waals surface area contributed by atoms with Gasteiger partial charge in [0.05, 0.1) is 12.6 Å². The summed E-state index contributed by atoms with van der Waals surface area (Å²) in [7, 11) is 0. The zero-order chi connectivity index (χ0) is 13.1. The zero-order valence-electron chi connectivity index (χ0n) is 10.4. The van der Waals surface area contributed by atoms with Gasteiger partial charge in [0.25, 0.3) is 0 Å². The van der Waals surface area contributed by atoms with Crippen LogP contribution in [0.15, 0.2) is 34.8 Å². The number of nitrogens with two attached hydrogens (primary N) is 1. The number of hydrogen-bond donors (Lipinski definition) is 1. The number of aryl methyl sites for hydroxylation is 1. The number of thiophene rings is 1. The molecule has 1 unspecified atom stereocenters. The lowest BCUT2D eigenvalue weighted by atomic mass is 10.1. The topological polar surface area (TPSA) is 35.2 Å². The molecule has 0 spiro atoms. The van der Waals surface area contributed by atoms with Gasteiger partial charge in [-0.15, -0.1) is 11.3 Å². The first-order valence-electron chi connectivity index (χ1n) is 5.86. The summed E-state index contributed by atoms with van der Waals surface area (Å²) in [6, 6.07) is 10.0. The van der Waals surface area contributed by atoms with Crippen LogP contribution in [0.1, 0.15) is 28.3 Å². The summed E-state index contributed by atoms with van der Waals surface area (Å²) in [4.78, 5) is 2.43. The molecule has 18 heavy (non-hydrogen) atoms. The molecule has 2 aromatic rings. The summed E-state index contributed by atoms with van der Waals surface area (Å²) in [6.07, 6.45) is 0. The Labute approximate surface area is 120 Å². The molecule has 1 aromatic carbocycles. The maximum atomic E-state index is 6.34. The molecule has 1 heterocycles. The van der Waals surface area contributed by atoms with E-state index >= 15 is 0 Å². The number of halogens is 1. The van der Waals surface area contributed by atoms with Gasteiger partial charge in [0.15, 0.2) is 0 Å². The lowest BCUT2D eigenvalue weighted by Crippen LogP contribution is -2.12. The average molecular weight is 326 g/mol. The van der Waals surface area contributed by atoms with Gasteiger partial charge in [0.2, 0.25) is 0 Å². The highest BCUT2D eigenvalue weighted by Crippen LogP contribution is 2.33. The van der Waals surface area contributed by atoms with Gasteiger partial charge in [0.1, 0.15) is 5.75 Å². The first kappa shape index (κ1) is 13.6. The van der Waals surface area contributed by atoms with Crippen LogP contribution in [-0.4, -0.2) is 6.61 Å². The van der Waals surface area contributed by atoms with Crippen molar-refractivity contribution in [3.05, 3.63) is 50.1 Å². The predicted octanol–water partition coefficient (Wildman–Crippen LogP) is 4.27. The van der Waals surface area contributed by atoms with E-state index in [4.69, 9.17) is 10.5 Å². The van der Waals surface area contributed by atoms with Crippen LogP contribution >= 0.6 is 27.3 Å². The van der Waals surface area contributed by atoms with E-state index in [1.807, 2.05) is 25.1 Å². The Morgan fingerprint density at radius 1 is 1.33 bits per heavy atom. The second-order valence-corrected chi connectivity index (χ2v) is 6.28. The Morgan fingerprint density at radius 2 is 2.11 bits per heavy atom. The molecule has 2 rings (SSSR count). The molecule has 0 aliphatic carbocycles. The number of hydrogen-bond acceptors (Lipinski definition) is 3. The highest BCUT2D eigenvalue weighted by Gasteiger charge is 2.16. The molecular formula is C14H16BrNOS. The Kier molecular flexibility index (Phi) is 4.43. The van der Waals surface area contributed by atoms with Crippen LogP contribution in [0, 0.1) is 6.92 Å². The van der Waals surface area contributed by atoms with Crippen molar-refractivity contribution in [2.24, 2.45) is 5.73 Å². The third-order valence-electron chi connectivity index (χ3n) is 2.67. The quantitative estimate of drug-likeness (QED) is 0.911. The van der Waals surface area contributed by atoms with Gasteiger partial charge in [-0.3, -0.25) is 0 Å². The van der Waals surface area contributed by atoms with Crippen molar-refractivity contribution in [1.29, 1.82) is 0 Å². The fourth-order valence-electron chi connectivity index (χ4n) is 1.82. The van der Waals surface area contributed by atoms with E-state index < -0.39 is 0 Å². The largest absolute Gasteiger partial charge is 0.494 e. The lowest BCUT2D eigenvalue weighted by molar-refractivity contribution is 0.335. The van der Waals surface area contributed by atoms with E-state index in [0.717, 1.165) is 20.7 Å². The molecule has 0 saturated heterocycles. The van der Waals surface area contributed by atoms with Crippen LogP contribution in [0.2, 0.25) is 0 Å². The van der Waals surface area contributed by atoms with Crippen molar-refractivity contribution in [1.82, 2.24) is 0 Å². The smallest absolute Gasteiger partial charge is 0.124 e. The van der Waals surface area contributed by atoms with Crippen molar-refractivity contribution in [2.45, 2.75) is 19.9 Å². The van der Waals surface area contributed by atoms with Gasteiger partial charge < -0.3 is 10.5 Å². The molecule has 0 amide bonds. The van der Waals surface area contributed by atoms with E-state index in [2.05, 4.69) is 35.0 Å². The number of ether oxygens (including phenoxy) is 1. The Hall–Kier alpha value is -0.840. The molecule has 0 fully saturated rings. The SMILES string of the molecule is CCOc1ccc(Br)cc1C(N)c1ccc(C)s1. The van der Waals surface area contributed by atoms with Crippen LogP contribution in [0.5, 0.6) is 5.75 Å². The third kappa shape index (κ3) is 2.94. The predicted molar refractivity (Wildman–Crippen MR) is 80.4 cm³/mol. The van der Waals surface area contributed by atoms with Gasteiger partial charge in [0, 0.05) is 19.8 Å². The maximum absolute atomic E-state index is 6.34. The minimum atomic E-state index is -0.136. The molecular weight excluding hydrogens is 310 g/mol. The van der Waals surface area contributed by atoms with Crippen LogP contribution in [-0.2, 0) is 0 Å². The van der Waals surface area contributed by atoms with Crippen LogP contribution in [0.3, 0.4) is 0 Å². The second kappa shape index (κ2) is 5.87. The molecule has 0 bridgehead atoms. The molecule has 0 aliphatic heterocycles. The molecule has 0 saturated carbocycles. The van der Waals surface area contributed by atoms with Crippen molar-refractivity contribution in [2.75, 3.05) is 6.61 Å². The first-order chi connectivity index (χ1) is 8.61. The monoisotopic (exact) mass is 325 g/mol. The van der Waals surface area contributed by atoms with Crippen molar-refractivity contribution < 1.29 is 4.74 Å². The second-order valence-electron chi connectivity index (χ2n) is 4.04. The number of benzene rings is 1. The minimum absolute atomic E-state index is 0.136. The molecule has 4 heteroatoms. The summed E-state index contributed by atoms with van der Waals surface area (Å²) in [5.74, 6) is 0.860. The van der Waals surface area contributed by atoms with Crippen molar-refractivity contribution in [3.8, 4) is 5.75 Å². The standard InChI is InChI=1S/C14H16BrNOS/c1-3-17-12-6-5-10(15)8-11(12)14(16)13-7-4-9(2)18-13/h4-8,14H,3,16H2,1-2H3. The van der Waals surface area contributed by atoms with Gasteiger partial charge in [-0.05, 0) is 44.2 Å². The van der Waals surface area contributed by atoms with Crippen molar-refractivity contribution in [3.63, 3.8) is 0 Å². The minimum Gasteiger partial charge on any atom is -0.494 e. The Balaban J connectivity index is 2.39. The van der Waals surface area contributed by atoms with E-state index in [-0.39, 0.29) is 6.04 Å². The zero-order valence-corrected chi connectivity index (χ0v) is 12.8. The van der Waals surface area contributed by atoms with Gasteiger partial charge in [-0.25, -0.2) is 0 Å². The van der Waals surface area contributed by atoms with E-state index in [0.29, 0.717) is 6.61 Å². The highest BCUT2D eigenvalue weighted by molar-refractivity contribution is 9.10. The summed E-state index contributed by atoms with van der Waals surface area (Å²) in [6.45, 7) is 4.71. The Morgan fingerprint density at radius 3 is 2.72 bits per heavy atom. The van der Waals surface area contributed by atoms with Gasteiger partial charge in [-0.2, -0.15) is 0 Å². The fourth-order valence-corrected chi connectivity index (χ4v) is 3.10. The van der Waals surface area contributed by atoms with E-state index in [9.17, 15) is 0 Å². The average Bonchev–Trinajstić information content (AvgIpc) is 2.77. The van der Waals surface area contributed by atoms with Crippen molar-refractivity contribution >= 4 is 27.3 Å². The van der Waals surface area contributed by atoms with E-state index in [1.165, 1.54) is 4.88 Å². The number of rotatable bonds is 4. The fraction of sp³-hybridized carbons (Fsp3) is 0.286. The summed E-state index contributed by atoms with van der Waals surface area (Å²) >= 11 is 5.21. The Bertz CT molecular complexity index is 538. The van der Waals surface area contributed by atoms with Crippen LogP contribution in [0.4, 0.5) is 0 Å². The molecule has 2 nitrogen and oxygen atoms in total. The molecule has 96 valence electrons. The van der Waals surface area contributed by atoms with E-state index in [1.54, 1.807) is 11.3 Å². The molecule has 0 radical (unpaired) electrons. The molecule has 2 N–H and O–H groups in total. The lowest BCUT2D eigenvalue weighted by Gasteiger charge is -2.16. The maximum Gasteiger partial charge on any atom is 0.124 e. The summed E-state index contributed by atoms with van der Waals surface area (Å²) in [5.41, 5.74) is 7.36. The van der Waals surface area contributed by atoms with Crippen LogP contribution < -0.4 is 10.5 Å². The van der Waals surface area contributed by atoms with Gasteiger partial charge >= 0.3 is 0 Å².